The van der Waals surface area contributed by atoms with Crippen LogP contribution in [0.4, 0.5) is 4.79 Å². The molecular weight excluding hydrogens is 574 g/mol. The third-order valence-electron chi connectivity index (χ3n) is 11.2. The normalized spacial score (nSPS) is 32.6. The number of hydrogen-bond acceptors (Lipinski definition) is 7. The van der Waals surface area contributed by atoms with Crippen LogP contribution in [0.1, 0.15) is 77.0 Å². The Morgan fingerprint density at radius 1 is 0.844 bits per heavy atom. The average molecular weight is 620 g/mol. The summed E-state index contributed by atoms with van der Waals surface area (Å²) in [7, 11) is 1.32. The summed E-state index contributed by atoms with van der Waals surface area (Å²) in [5.74, 6) is 0.876. The summed E-state index contributed by atoms with van der Waals surface area (Å²) in [5, 5.41) is 4.41. The lowest BCUT2D eigenvalue weighted by Gasteiger charge is -2.31. The van der Waals surface area contributed by atoms with Gasteiger partial charge in [0.05, 0.1) is 13.7 Å². The second-order valence-corrected chi connectivity index (χ2v) is 14.0. The van der Waals surface area contributed by atoms with Crippen molar-refractivity contribution >= 4 is 28.7 Å². The minimum Gasteiger partial charge on any atom is -0.473 e. The van der Waals surface area contributed by atoms with E-state index in [4.69, 9.17) is 14.2 Å². The van der Waals surface area contributed by atoms with E-state index < -0.39 is 30.3 Å². The van der Waals surface area contributed by atoms with Gasteiger partial charge < -0.3 is 24.4 Å². The standard InChI is InChI=1S/C35H45N3O7/c1-43-34(41)28-18-26-20-37(28)33(40)31(22-8-2-3-9-22)36-35(42)45-29-15-7-12-21(29)11-6-13-23-16-25(23)19-38-30(44-26)17-24-10-4-5-14-27(24)32(38)39/h4-5,10,14,17,21-23,25-26,28-29,31H,2-3,6-9,11-13,15-16,18-20H2,1H3,(H,36,42)/t21-,23?,25?,26-,28+,29-,31+/m1/s1. The largest absolute Gasteiger partial charge is 0.473 e. The molecule has 2 unspecified atom stereocenters. The predicted octanol–water partition coefficient (Wildman–Crippen LogP) is 4.80. The molecule has 1 N–H and O–H groups in total. The van der Waals surface area contributed by atoms with Crippen molar-refractivity contribution in [3.8, 4) is 5.88 Å². The van der Waals surface area contributed by atoms with Gasteiger partial charge in [-0.25, -0.2) is 9.59 Å². The van der Waals surface area contributed by atoms with Crippen LogP contribution in [0.3, 0.4) is 0 Å². The molecule has 1 saturated heterocycles. The van der Waals surface area contributed by atoms with Gasteiger partial charge in [0.2, 0.25) is 5.91 Å². The Morgan fingerprint density at radius 2 is 1.58 bits per heavy atom. The average Bonchev–Trinajstić information content (AvgIpc) is 3.43. The summed E-state index contributed by atoms with van der Waals surface area (Å²) < 4.78 is 19.5. The van der Waals surface area contributed by atoms with Gasteiger partial charge in [0.15, 0.2) is 5.88 Å². The van der Waals surface area contributed by atoms with E-state index in [1.54, 1.807) is 4.57 Å². The van der Waals surface area contributed by atoms with Gasteiger partial charge >= 0.3 is 12.1 Å². The van der Waals surface area contributed by atoms with Gasteiger partial charge in [-0.1, -0.05) is 43.9 Å². The lowest BCUT2D eigenvalue weighted by molar-refractivity contribution is -0.152. The van der Waals surface area contributed by atoms with Crippen molar-refractivity contribution in [2.24, 2.45) is 23.7 Å². The number of aromatic nitrogens is 1. The van der Waals surface area contributed by atoms with Gasteiger partial charge in [0.25, 0.3) is 5.56 Å². The van der Waals surface area contributed by atoms with Crippen molar-refractivity contribution in [3.05, 3.63) is 40.7 Å². The Bertz CT molecular complexity index is 1500. The van der Waals surface area contributed by atoms with Gasteiger partial charge in [-0.3, -0.25) is 14.2 Å². The number of nitrogens with zero attached hydrogens (tertiary/aromatic N) is 2. The number of rotatable bonds is 2. The van der Waals surface area contributed by atoms with Crippen LogP contribution in [0, 0.1) is 23.7 Å². The van der Waals surface area contributed by atoms with E-state index in [0.717, 1.165) is 76.0 Å². The Balaban J connectivity index is 1.23. The maximum absolute atomic E-state index is 14.3. The van der Waals surface area contributed by atoms with Crippen molar-refractivity contribution in [3.63, 3.8) is 0 Å². The van der Waals surface area contributed by atoms with Gasteiger partial charge in [-0.2, -0.15) is 0 Å². The van der Waals surface area contributed by atoms with Crippen LogP contribution in [-0.2, 0) is 25.6 Å². The van der Waals surface area contributed by atoms with E-state index in [0.29, 0.717) is 35.6 Å². The van der Waals surface area contributed by atoms with Gasteiger partial charge in [0, 0.05) is 24.4 Å². The molecule has 2 aromatic rings. The zero-order chi connectivity index (χ0) is 31.1. The quantitative estimate of drug-likeness (QED) is 0.481. The number of fused-ring (bicyclic) bond motifs is 6. The summed E-state index contributed by atoms with van der Waals surface area (Å²) >= 11 is 0. The van der Waals surface area contributed by atoms with Crippen molar-refractivity contribution in [1.29, 1.82) is 0 Å². The molecule has 45 heavy (non-hydrogen) atoms. The summed E-state index contributed by atoms with van der Waals surface area (Å²) in [5.41, 5.74) is -0.0787. The topological polar surface area (TPSA) is 116 Å². The Hall–Kier alpha value is -3.56. The molecule has 1 aromatic carbocycles. The number of hydrogen-bond donors (Lipinski definition) is 1. The third kappa shape index (κ3) is 6.17. The highest BCUT2D eigenvalue weighted by Gasteiger charge is 2.46. The first kappa shape index (κ1) is 30.1. The number of nitrogens with one attached hydrogen (secondary N) is 1. The SMILES string of the molecule is COC(=O)[C@@H]1C[C@@H]2CN1C(=O)[C@H](C1CCCC1)NC(=O)O[C@@H]1CCC[C@H]1CCCC1CC1Cn1c(cc3ccccc3c1=O)O2. The maximum Gasteiger partial charge on any atom is 0.408 e. The minimum absolute atomic E-state index is 0.0332. The fourth-order valence-corrected chi connectivity index (χ4v) is 8.60. The number of ether oxygens (including phenoxy) is 3. The number of benzene rings is 1. The number of methoxy groups -OCH3 is 1. The summed E-state index contributed by atoms with van der Waals surface area (Å²) in [6.45, 7) is 0.729. The van der Waals surface area contributed by atoms with Gasteiger partial charge in [-0.05, 0) is 80.1 Å². The number of esters is 1. The molecule has 5 aliphatic rings. The van der Waals surface area contributed by atoms with Crippen molar-refractivity contribution < 1.29 is 28.6 Å². The van der Waals surface area contributed by atoms with Crippen LogP contribution in [0.25, 0.3) is 10.8 Å². The van der Waals surface area contributed by atoms with Crippen molar-refractivity contribution in [1.82, 2.24) is 14.8 Å². The van der Waals surface area contributed by atoms with Crippen LogP contribution >= 0.6 is 0 Å². The number of carbonyl (C=O) groups excluding carboxylic acids is 3. The molecule has 0 radical (unpaired) electrons. The molecule has 4 fully saturated rings. The second-order valence-electron chi connectivity index (χ2n) is 14.0. The molecule has 3 aliphatic carbocycles. The first-order valence-corrected chi connectivity index (χ1v) is 17.0. The Labute approximate surface area is 263 Å². The molecule has 2 aliphatic heterocycles. The molecule has 3 saturated carbocycles. The first-order chi connectivity index (χ1) is 21.9. The molecule has 7 rings (SSSR count). The van der Waals surface area contributed by atoms with Crippen molar-refractivity contribution in [2.45, 2.75) is 108 Å². The van der Waals surface area contributed by atoms with Gasteiger partial charge in [0.1, 0.15) is 24.3 Å². The summed E-state index contributed by atoms with van der Waals surface area (Å²) in [6.07, 6.45) is 9.80. The monoisotopic (exact) mass is 619 g/mol. The summed E-state index contributed by atoms with van der Waals surface area (Å²) in [6, 6.07) is 7.80. The molecule has 10 nitrogen and oxygen atoms in total. The first-order valence-electron chi connectivity index (χ1n) is 17.0. The smallest absolute Gasteiger partial charge is 0.408 e. The Kier molecular flexibility index (Phi) is 8.48. The van der Waals surface area contributed by atoms with E-state index in [-0.39, 0.29) is 36.5 Å². The zero-order valence-corrected chi connectivity index (χ0v) is 26.2. The fraction of sp³-hybridized carbons (Fsp3) is 0.657. The van der Waals surface area contributed by atoms with Crippen molar-refractivity contribution in [2.75, 3.05) is 13.7 Å². The molecule has 0 spiro atoms. The number of carbonyl (C=O) groups is 3. The molecule has 2 amide bonds. The number of pyridine rings is 1. The second kappa shape index (κ2) is 12.7. The van der Waals surface area contributed by atoms with E-state index >= 15 is 0 Å². The maximum atomic E-state index is 14.3. The molecule has 1 aromatic heterocycles. The van der Waals surface area contributed by atoms with Crippen LogP contribution in [0.5, 0.6) is 5.88 Å². The molecular formula is C35H45N3O7. The van der Waals surface area contributed by atoms with Crippen LogP contribution in [0.2, 0.25) is 0 Å². The zero-order valence-electron chi connectivity index (χ0n) is 26.2. The van der Waals surface area contributed by atoms with Crippen LogP contribution < -0.4 is 15.6 Å². The van der Waals surface area contributed by atoms with E-state index in [1.165, 1.54) is 12.0 Å². The summed E-state index contributed by atoms with van der Waals surface area (Å²) in [4.78, 5) is 56.0. The lowest BCUT2D eigenvalue weighted by atomic mass is 9.96. The number of alkyl carbamates (subject to hydrolysis) is 1. The molecule has 10 heteroatoms. The third-order valence-corrected chi connectivity index (χ3v) is 11.2. The minimum atomic E-state index is -0.854. The lowest BCUT2D eigenvalue weighted by Crippen LogP contribution is -2.55. The molecule has 2 bridgehead atoms. The predicted molar refractivity (Wildman–Crippen MR) is 167 cm³/mol. The Morgan fingerprint density at radius 3 is 2.38 bits per heavy atom. The van der Waals surface area contributed by atoms with Crippen LogP contribution in [0.15, 0.2) is 35.1 Å². The highest BCUT2D eigenvalue weighted by molar-refractivity contribution is 5.90. The van der Waals surface area contributed by atoms with E-state index in [9.17, 15) is 19.2 Å². The number of amides is 2. The fourth-order valence-electron chi connectivity index (χ4n) is 8.60. The van der Waals surface area contributed by atoms with E-state index in [2.05, 4.69) is 5.32 Å². The molecule has 242 valence electrons. The molecule has 7 atom stereocenters. The van der Waals surface area contributed by atoms with E-state index in [1.807, 2.05) is 30.3 Å². The molecule has 3 heterocycles. The highest BCUT2D eigenvalue weighted by atomic mass is 16.6. The highest BCUT2D eigenvalue weighted by Crippen LogP contribution is 2.45. The van der Waals surface area contributed by atoms with Crippen LogP contribution in [-0.4, -0.2) is 65.4 Å². The van der Waals surface area contributed by atoms with Gasteiger partial charge in [-0.15, -0.1) is 0 Å².